The van der Waals surface area contributed by atoms with Crippen LogP contribution in [-0.2, 0) is 21.3 Å². The first-order valence-corrected chi connectivity index (χ1v) is 6.54. The number of carboxylic acid groups (broad SMARTS) is 1. The number of carboxylic acids is 1. The van der Waals surface area contributed by atoms with Gasteiger partial charge in [-0.2, -0.15) is 13.2 Å². The molecule has 1 aliphatic carbocycles. The van der Waals surface area contributed by atoms with Gasteiger partial charge < -0.3 is 10.4 Å². The number of benzene rings is 1. The number of nitrogens with one attached hydrogen (secondary N) is 1. The number of rotatable bonds is 5. The highest BCUT2D eigenvalue weighted by Gasteiger charge is 2.46. The van der Waals surface area contributed by atoms with Crippen LogP contribution < -0.4 is 5.32 Å². The molecule has 7 heteroatoms. The molecule has 0 radical (unpaired) electrons. The highest BCUT2D eigenvalue weighted by atomic mass is 19.4. The fraction of sp³-hybridized carbons (Fsp3) is 0.333. The first-order chi connectivity index (χ1) is 10.1. The van der Waals surface area contributed by atoms with Crippen LogP contribution in [0.15, 0.2) is 36.4 Å². The van der Waals surface area contributed by atoms with Crippen LogP contribution in [0.25, 0.3) is 0 Å². The Hall–Kier alpha value is -2.31. The van der Waals surface area contributed by atoms with E-state index < -0.39 is 29.2 Å². The first-order valence-electron chi connectivity index (χ1n) is 6.54. The molecule has 2 rings (SSSR count). The van der Waals surface area contributed by atoms with Crippen LogP contribution >= 0.6 is 0 Å². The Balaban J connectivity index is 2.07. The third-order valence-corrected chi connectivity index (χ3v) is 3.57. The molecule has 22 heavy (non-hydrogen) atoms. The lowest BCUT2D eigenvalue weighted by Crippen LogP contribution is -2.35. The molecule has 0 atom stereocenters. The van der Waals surface area contributed by atoms with Gasteiger partial charge in [-0.3, -0.25) is 4.79 Å². The number of aliphatic carboxylic acids is 1. The summed E-state index contributed by atoms with van der Waals surface area (Å²) < 4.78 is 37.6. The molecule has 1 aromatic rings. The highest BCUT2D eigenvalue weighted by Crippen LogP contribution is 2.46. The zero-order valence-corrected chi connectivity index (χ0v) is 11.5. The highest BCUT2D eigenvalue weighted by molar-refractivity contribution is 5.93. The molecular weight excluding hydrogens is 299 g/mol. The van der Waals surface area contributed by atoms with E-state index in [1.807, 2.05) is 0 Å². The maximum Gasteiger partial charge on any atom is 0.416 e. The van der Waals surface area contributed by atoms with E-state index in [1.54, 1.807) is 0 Å². The summed E-state index contributed by atoms with van der Waals surface area (Å²) in [5.41, 5.74) is -1.10. The smallest absolute Gasteiger partial charge is 0.416 e. The Morgan fingerprint density at radius 2 is 1.77 bits per heavy atom. The van der Waals surface area contributed by atoms with Crippen LogP contribution in [0, 0.1) is 0 Å². The number of carbonyl (C=O) groups excluding carboxylic acids is 1. The van der Waals surface area contributed by atoms with Crippen molar-refractivity contribution in [2.45, 2.75) is 31.0 Å². The van der Waals surface area contributed by atoms with E-state index >= 15 is 0 Å². The molecule has 4 nitrogen and oxygen atoms in total. The van der Waals surface area contributed by atoms with Gasteiger partial charge in [0, 0.05) is 5.57 Å². The number of amides is 1. The lowest BCUT2D eigenvalue weighted by Gasteiger charge is -2.19. The van der Waals surface area contributed by atoms with Gasteiger partial charge in [0.1, 0.15) is 0 Å². The Labute approximate surface area is 124 Å². The number of hydrogen-bond donors (Lipinski definition) is 2. The maximum atomic E-state index is 12.5. The summed E-state index contributed by atoms with van der Waals surface area (Å²) >= 11 is 0. The van der Waals surface area contributed by atoms with Crippen molar-refractivity contribution in [2.24, 2.45) is 0 Å². The minimum Gasteiger partial charge on any atom is -0.478 e. The van der Waals surface area contributed by atoms with E-state index in [0.29, 0.717) is 18.4 Å². The second kappa shape index (κ2) is 5.47. The van der Waals surface area contributed by atoms with Crippen molar-refractivity contribution in [1.29, 1.82) is 0 Å². The molecule has 0 spiro atoms. The van der Waals surface area contributed by atoms with Gasteiger partial charge in [-0.05, 0) is 30.5 Å². The second-order valence-corrected chi connectivity index (χ2v) is 5.29. The van der Waals surface area contributed by atoms with Crippen LogP contribution in [0.2, 0.25) is 0 Å². The van der Waals surface area contributed by atoms with Crippen LogP contribution in [0.5, 0.6) is 0 Å². The number of alkyl halides is 3. The monoisotopic (exact) mass is 313 g/mol. The number of hydrogen-bond acceptors (Lipinski definition) is 2. The van der Waals surface area contributed by atoms with Gasteiger partial charge in [0.2, 0.25) is 5.91 Å². The van der Waals surface area contributed by atoms with E-state index in [2.05, 4.69) is 11.9 Å². The van der Waals surface area contributed by atoms with Gasteiger partial charge in [0.05, 0.1) is 17.5 Å². The van der Waals surface area contributed by atoms with E-state index in [1.165, 1.54) is 12.1 Å². The van der Waals surface area contributed by atoms with E-state index in [0.717, 1.165) is 12.1 Å². The standard InChI is InChI=1S/C15H14F3NO3/c1-9(13(21)22)8-12(20)19-14(6-7-14)10-2-4-11(5-3-10)15(16,17)18/h2-5H,1,6-8H2,(H,19,20)(H,21,22). The van der Waals surface area contributed by atoms with Crippen molar-refractivity contribution in [2.75, 3.05) is 0 Å². The Morgan fingerprint density at radius 1 is 1.23 bits per heavy atom. The molecule has 0 unspecified atom stereocenters. The van der Waals surface area contributed by atoms with Gasteiger partial charge in [0.15, 0.2) is 0 Å². The predicted octanol–water partition coefficient (Wildman–Crippen LogP) is 2.84. The molecule has 0 aliphatic heterocycles. The van der Waals surface area contributed by atoms with Crippen molar-refractivity contribution in [3.63, 3.8) is 0 Å². The summed E-state index contributed by atoms with van der Waals surface area (Å²) in [6.07, 6.45) is -3.55. The van der Waals surface area contributed by atoms with Gasteiger partial charge in [-0.25, -0.2) is 4.79 Å². The topological polar surface area (TPSA) is 66.4 Å². The first kappa shape index (κ1) is 16.1. The van der Waals surface area contributed by atoms with Crippen molar-refractivity contribution in [3.8, 4) is 0 Å². The summed E-state index contributed by atoms with van der Waals surface area (Å²) in [5.74, 6) is -1.76. The van der Waals surface area contributed by atoms with Crippen molar-refractivity contribution < 1.29 is 27.9 Å². The minimum atomic E-state index is -4.41. The summed E-state index contributed by atoms with van der Waals surface area (Å²) in [6.45, 7) is 3.27. The van der Waals surface area contributed by atoms with Crippen molar-refractivity contribution in [1.82, 2.24) is 5.32 Å². The van der Waals surface area contributed by atoms with Gasteiger partial charge in [-0.15, -0.1) is 0 Å². The molecule has 1 fully saturated rings. The fourth-order valence-corrected chi connectivity index (χ4v) is 2.17. The Kier molecular flexibility index (Phi) is 4.00. The molecule has 1 saturated carbocycles. The average molecular weight is 313 g/mol. The van der Waals surface area contributed by atoms with E-state index in [4.69, 9.17) is 5.11 Å². The maximum absolute atomic E-state index is 12.5. The largest absolute Gasteiger partial charge is 0.478 e. The van der Waals surface area contributed by atoms with Gasteiger partial charge in [0.25, 0.3) is 0 Å². The fourth-order valence-electron chi connectivity index (χ4n) is 2.17. The molecule has 0 bridgehead atoms. The molecule has 0 aromatic heterocycles. The average Bonchev–Trinajstić information content (AvgIpc) is 3.18. The third kappa shape index (κ3) is 3.47. The zero-order valence-electron chi connectivity index (χ0n) is 11.5. The summed E-state index contributed by atoms with van der Waals surface area (Å²) in [7, 11) is 0. The molecule has 0 heterocycles. The van der Waals surface area contributed by atoms with Crippen LogP contribution in [-0.4, -0.2) is 17.0 Å². The minimum absolute atomic E-state index is 0.235. The van der Waals surface area contributed by atoms with Gasteiger partial charge in [-0.1, -0.05) is 18.7 Å². The van der Waals surface area contributed by atoms with E-state index in [9.17, 15) is 22.8 Å². The molecular formula is C15H14F3NO3. The molecule has 118 valence electrons. The lowest BCUT2D eigenvalue weighted by atomic mass is 10.0. The zero-order chi connectivity index (χ0) is 16.5. The van der Waals surface area contributed by atoms with Gasteiger partial charge >= 0.3 is 12.1 Å². The molecule has 0 saturated heterocycles. The van der Waals surface area contributed by atoms with Crippen LogP contribution in [0.3, 0.4) is 0 Å². The third-order valence-electron chi connectivity index (χ3n) is 3.57. The normalized spacial score (nSPS) is 16.0. The summed E-state index contributed by atoms with van der Waals surface area (Å²) in [4.78, 5) is 22.4. The molecule has 1 amide bonds. The predicted molar refractivity (Wildman–Crippen MR) is 71.9 cm³/mol. The van der Waals surface area contributed by atoms with E-state index in [-0.39, 0.29) is 12.0 Å². The lowest BCUT2D eigenvalue weighted by molar-refractivity contribution is -0.137. The quantitative estimate of drug-likeness (QED) is 0.822. The second-order valence-electron chi connectivity index (χ2n) is 5.29. The van der Waals surface area contributed by atoms with Crippen molar-refractivity contribution >= 4 is 11.9 Å². The number of carbonyl (C=O) groups is 2. The summed E-state index contributed by atoms with van der Waals surface area (Å²) in [6, 6.07) is 4.61. The summed E-state index contributed by atoms with van der Waals surface area (Å²) in [5, 5.41) is 11.4. The Bertz CT molecular complexity index is 616. The van der Waals surface area contributed by atoms with Crippen LogP contribution in [0.1, 0.15) is 30.4 Å². The number of halogens is 3. The molecule has 1 aliphatic rings. The van der Waals surface area contributed by atoms with Crippen molar-refractivity contribution in [3.05, 3.63) is 47.5 Å². The molecule has 2 N–H and O–H groups in total. The SMILES string of the molecule is C=C(CC(=O)NC1(c2ccc(C(F)(F)F)cc2)CC1)C(=O)O. The van der Waals surface area contributed by atoms with Crippen LogP contribution in [0.4, 0.5) is 13.2 Å². The Morgan fingerprint density at radius 3 is 2.18 bits per heavy atom. The molecule has 1 aromatic carbocycles.